The molecular formula is C12H11FN4O3. The Bertz CT molecular complexity index is 677. The molecule has 0 bridgehead atoms. The Labute approximate surface area is 113 Å². The monoisotopic (exact) mass is 278 g/mol. The fourth-order valence-corrected chi connectivity index (χ4v) is 1.83. The second kappa shape index (κ2) is 5.08. The zero-order valence-corrected chi connectivity index (χ0v) is 10.7. The van der Waals surface area contributed by atoms with Gasteiger partial charge in [-0.05, 0) is 19.9 Å². The molecule has 8 heteroatoms. The van der Waals surface area contributed by atoms with Crippen molar-refractivity contribution < 1.29 is 14.1 Å². The van der Waals surface area contributed by atoms with Crippen molar-refractivity contribution in [2.45, 2.75) is 13.8 Å². The third kappa shape index (κ3) is 2.63. The molecule has 2 aromatic rings. The summed E-state index contributed by atoms with van der Waals surface area (Å²) < 4.78 is 13.3. The number of nitro groups is 1. The smallest absolute Gasteiger partial charge is 0.274 e. The number of hydrogen-bond acceptors (Lipinski definition) is 4. The number of hydrogen-bond donors (Lipinski definition) is 2. The van der Waals surface area contributed by atoms with Crippen molar-refractivity contribution in [3.63, 3.8) is 0 Å². The molecule has 0 saturated heterocycles. The molecule has 0 aliphatic heterocycles. The Morgan fingerprint density at radius 1 is 1.40 bits per heavy atom. The van der Waals surface area contributed by atoms with Gasteiger partial charge in [0.15, 0.2) is 0 Å². The number of aryl methyl sites for hydroxylation is 2. The molecule has 1 aromatic carbocycles. The zero-order chi connectivity index (χ0) is 14.9. The molecule has 104 valence electrons. The number of nitrogens with zero attached hydrogens (tertiary/aromatic N) is 2. The molecule has 0 spiro atoms. The van der Waals surface area contributed by atoms with Crippen LogP contribution in [0, 0.1) is 29.8 Å². The van der Waals surface area contributed by atoms with Crippen molar-refractivity contribution >= 4 is 17.3 Å². The molecule has 1 amide bonds. The van der Waals surface area contributed by atoms with Crippen LogP contribution < -0.4 is 5.32 Å². The Morgan fingerprint density at radius 3 is 2.65 bits per heavy atom. The Morgan fingerprint density at radius 2 is 2.10 bits per heavy atom. The van der Waals surface area contributed by atoms with Crippen molar-refractivity contribution in [2.75, 3.05) is 5.32 Å². The van der Waals surface area contributed by atoms with E-state index in [1.54, 1.807) is 13.8 Å². The van der Waals surface area contributed by atoms with Crippen molar-refractivity contribution in [1.29, 1.82) is 0 Å². The first kappa shape index (κ1) is 13.7. The van der Waals surface area contributed by atoms with Gasteiger partial charge in [0, 0.05) is 11.8 Å². The summed E-state index contributed by atoms with van der Waals surface area (Å²) in [7, 11) is 0. The van der Waals surface area contributed by atoms with Crippen molar-refractivity contribution in [2.24, 2.45) is 0 Å². The highest BCUT2D eigenvalue weighted by atomic mass is 19.1. The van der Waals surface area contributed by atoms with E-state index in [-0.39, 0.29) is 5.69 Å². The van der Waals surface area contributed by atoms with Crippen LogP contribution in [0.3, 0.4) is 0 Å². The summed E-state index contributed by atoms with van der Waals surface area (Å²) in [5.74, 6) is -1.30. The van der Waals surface area contributed by atoms with Gasteiger partial charge in [-0.2, -0.15) is 5.10 Å². The van der Waals surface area contributed by atoms with Crippen LogP contribution in [0.15, 0.2) is 18.2 Å². The van der Waals surface area contributed by atoms with Gasteiger partial charge < -0.3 is 5.32 Å². The number of carbonyl (C=O) groups is 1. The van der Waals surface area contributed by atoms with E-state index < -0.39 is 22.3 Å². The SMILES string of the molecule is Cc1n[nH]c(C)c1C(=O)Nc1cc(F)cc([N+](=O)[O-])c1. The molecule has 0 fully saturated rings. The van der Waals surface area contributed by atoms with Crippen molar-refractivity contribution in [3.8, 4) is 0 Å². The quantitative estimate of drug-likeness (QED) is 0.664. The molecule has 20 heavy (non-hydrogen) atoms. The third-order valence-electron chi connectivity index (χ3n) is 2.71. The van der Waals surface area contributed by atoms with Crippen LogP contribution in [0.4, 0.5) is 15.8 Å². The average molecular weight is 278 g/mol. The fourth-order valence-electron chi connectivity index (χ4n) is 1.83. The highest BCUT2D eigenvalue weighted by molar-refractivity contribution is 6.05. The summed E-state index contributed by atoms with van der Waals surface area (Å²) in [6.07, 6.45) is 0. The summed E-state index contributed by atoms with van der Waals surface area (Å²) in [6, 6.07) is 2.88. The van der Waals surface area contributed by atoms with Gasteiger partial charge >= 0.3 is 0 Å². The fraction of sp³-hybridized carbons (Fsp3) is 0.167. The minimum Gasteiger partial charge on any atom is -0.322 e. The predicted molar refractivity (Wildman–Crippen MR) is 69.1 cm³/mol. The molecule has 0 aliphatic carbocycles. The Kier molecular flexibility index (Phi) is 3.47. The minimum absolute atomic E-state index is 0.0155. The molecule has 2 N–H and O–H groups in total. The van der Waals surface area contributed by atoms with Crippen molar-refractivity contribution in [3.05, 3.63) is 51.1 Å². The average Bonchev–Trinajstić information content (AvgIpc) is 2.68. The van der Waals surface area contributed by atoms with Gasteiger partial charge in [-0.15, -0.1) is 0 Å². The number of aromatic nitrogens is 2. The standard InChI is InChI=1S/C12H11FN4O3/c1-6-11(7(2)16-15-6)12(18)14-9-3-8(13)4-10(5-9)17(19)20/h3-5H,1-2H3,(H,14,18)(H,15,16). The normalized spacial score (nSPS) is 10.3. The van der Waals surface area contributed by atoms with Crippen LogP contribution >= 0.6 is 0 Å². The zero-order valence-electron chi connectivity index (χ0n) is 10.7. The summed E-state index contributed by atoms with van der Waals surface area (Å²) in [6.45, 7) is 3.31. The van der Waals surface area contributed by atoms with E-state index >= 15 is 0 Å². The van der Waals surface area contributed by atoms with Gasteiger partial charge in [-0.25, -0.2) is 4.39 Å². The summed E-state index contributed by atoms with van der Waals surface area (Å²) in [4.78, 5) is 22.0. The topological polar surface area (TPSA) is 101 Å². The number of anilines is 1. The second-order valence-corrected chi connectivity index (χ2v) is 4.22. The maximum Gasteiger partial charge on any atom is 0.274 e. The lowest BCUT2D eigenvalue weighted by Crippen LogP contribution is -2.14. The number of H-pyrrole nitrogens is 1. The molecule has 1 heterocycles. The van der Waals surface area contributed by atoms with Crippen molar-refractivity contribution in [1.82, 2.24) is 10.2 Å². The van der Waals surface area contributed by atoms with Crippen LogP contribution in [0.1, 0.15) is 21.7 Å². The van der Waals surface area contributed by atoms with Crippen LogP contribution in [0.5, 0.6) is 0 Å². The molecule has 0 atom stereocenters. The molecule has 1 aromatic heterocycles. The first-order valence-electron chi connectivity index (χ1n) is 5.66. The number of rotatable bonds is 3. The number of nitrogens with one attached hydrogen (secondary N) is 2. The van der Waals surface area contributed by atoms with Crippen LogP contribution in [-0.4, -0.2) is 21.0 Å². The van der Waals surface area contributed by atoms with Gasteiger partial charge in [0.05, 0.1) is 27.9 Å². The lowest BCUT2D eigenvalue weighted by atomic mass is 10.2. The number of nitro benzene ring substituents is 1. The van der Waals surface area contributed by atoms with E-state index in [0.717, 1.165) is 18.2 Å². The van der Waals surface area contributed by atoms with E-state index in [0.29, 0.717) is 17.0 Å². The van der Waals surface area contributed by atoms with Gasteiger partial charge in [0.25, 0.3) is 11.6 Å². The first-order valence-corrected chi connectivity index (χ1v) is 5.66. The van der Waals surface area contributed by atoms with Gasteiger partial charge in [-0.3, -0.25) is 20.0 Å². The number of halogens is 1. The number of aromatic amines is 1. The largest absolute Gasteiger partial charge is 0.322 e. The van der Waals surface area contributed by atoms with E-state index in [1.165, 1.54) is 0 Å². The molecule has 0 unspecified atom stereocenters. The molecule has 0 aliphatic rings. The molecule has 2 rings (SSSR count). The second-order valence-electron chi connectivity index (χ2n) is 4.22. The highest BCUT2D eigenvalue weighted by Crippen LogP contribution is 2.21. The summed E-state index contributed by atoms with van der Waals surface area (Å²) in [5.41, 5.74) is 0.969. The summed E-state index contributed by atoms with van der Waals surface area (Å²) >= 11 is 0. The molecular weight excluding hydrogens is 267 g/mol. The highest BCUT2D eigenvalue weighted by Gasteiger charge is 2.17. The van der Waals surface area contributed by atoms with Crippen LogP contribution in [0.25, 0.3) is 0 Å². The maximum atomic E-state index is 13.3. The van der Waals surface area contributed by atoms with Gasteiger partial charge in [0.1, 0.15) is 5.82 Å². The number of amides is 1. The number of non-ortho nitro benzene ring substituents is 1. The van der Waals surface area contributed by atoms with E-state index in [1.807, 2.05) is 0 Å². The lowest BCUT2D eigenvalue weighted by Gasteiger charge is -2.05. The van der Waals surface area contributed by atoms with Crippen LogP contribution in [-0.2, 0) is 0 Å². The van der Waals surface area contributed by atoms with Gasteiger partial charge in [-0.1, -0.05) is 0 Å². The predicted octanol–water partition coefficient (Wildman–Crippen LogP) is 2.33. The van der Waals surface area contributed by atoms with Crippen LogP contribution in [0.2, 0.25) is 0 Å². The Hall–Kier alpha value is -2.77. The third-order valence-corrected chi connectivity index (χ3v) is 2.71. The summed E-state index contributed by atoms with van der Waals surface area (Å²) in [5, 5.41) is 19.6. The minimum atomic E-state index is -0.796. The van der Waals surface area contributed by atoms with E-state index in [4.69, 9.17) is 0 Å². The molecule has 0 radical (unpaired) electrons. The number of benzene rings is 1. The first-order chi connectivity index (χ1) is 9.38. The number of carbonyl (C=O) groups excluding carboxylic acids is 1. The maximum absolute atomic E-state index is 13.3. The lowest BCUT2D eigenvalue weighted by molar-refractivity contribution is -0.385. The van der Waals surface area contributed by atoms with E-state index in [2.05, 4.69) is 15.5 Å². The molecule has 7 nitrogen and oxygen atoms in total. The van der Waals surface area contributed by atoms with Gasteiger partial charge in [0.2, 0.25) is 0 Å². The Balaban J connectivity index is 2.31. The molecule has 0 saturated carbocycles. The van der Waals surface area contributed by atoms with E-state index in [9.17, 15) is 19.3 Å².